The number of nitrogens with zero attached hydrogens (tertiary/aromatic N) is 1. The van der Waals surface area contributed by atoms with Gasteiger partial charge >= 0.3 is 0 Å². The van der Waals surface area contributed by atoms with Crippen LogP contribution in [0.4, 0.5) is 0 Å². The fourth-order valence-corrected chi connectivity index (χ4v) is 1.58. The lowest BCUT2D eigenvalue weighted by atomic mass is 10.2. The lowest BCUT2D eigenvalue weighted by Crippen LogP contribution is -2.35. The molecule has 0 aromatic rings. The third-order valence-corrected chi connectivity index (χ3v) is 2.78. The van der Waals surface area contributed by atoms with E-state index in [-0.39, 0.29) is 6.61 Å². The van der Waals surface area contributed by atoms with Gasteiger partial charge in [-0.25, -0.2) is 0 Å². The fraction of sp³-hybridized carbons (Fsp3) is 1.00. The summed E-state index contributed by atoms with van der Waals surface area (Å²) in [5.74, 6) is 0. The van der Waals surface area contributed by atoms with E-state index in [9.17, 15) is 10.1 Å². The molecule has 0 heterocycles. The van der Waals surface area contributed by atoms with Crippen LogP contribution in [0, 0.1) is 10.1 Å². The molecule has 0 fully saturated rings. The van der Waals surface area contributed by atoms with Gasteiger partial charge in [0.2, 0.25) is 10.3 Å². The lowest BCUT2D eigenvalue weighted by Gasteiger charge is -2.21. The molecule has 8 heteroatoms. The van der Waals surface area contributed by atoms with Gasteiger partial charge in [0.15, 0.2) is 6.10 Å². The fourth-order valence-electron chi connectivity index (χ4n) is 1.18. The van der Waals surface area contributed by atoms with Crippen molar-refractivity contribution in [2.75, 3.05) is 19.8 Å². The minimum atomic E-state index is -1.79. The molecule has 0 aromatic heterocycles. The molecule has 0 spiro atoms. The summed E-state index contributed by atoms with van der Waals surface area (Å²) in [4.78, 5) is 9.78. The third-order valence-electron chi connectivity index (χ3n) is 2.05. The Hall–Kier alpha value is 0.190. The topological polar surface area (TPSA) is 72.6 Å². The molecule has 0 aliphatic rings. The van der Waals surface area contributed by atoms with E-state index >= 15 is 0 Å². The molecule has 0 saturated heterocycles. The zero-order chi connectivity index (χ0) is 13.3. The van der Waals surface area contributed by atoms with Crippen molar-refractivity contribution in [3.05, 3.63) is 10.1 Å². The van der Waals surface area contributed by atoms with Crippen LogP contribution in [0.3, 0.4) is 0 Å². The number of hydrogen-bond acceptors (Lipinski definition) is 4. The number of rotatable bonds is 9. The second-order valence-electron chi connectivity index (χ2n) is 3.55. The standard InChI is InChI=1S/C9H16Cl3NO4/c10-9(11,12)8(7-13(15)16)17-6-4-2-1-3-5-14/h8,14H,1-7H2/t8-/m1/s1. The molecule has 0 bridgehead atoms. The second kappa shape index (κ2) is 9.16. The van der Waals surface area contributed by atoms with Gasteiger partial charge in [0.25, 0.3) is 0 Å². The number of halogens is 3. The van der Waals surface area contributed by atoms with E-state index in [4.69, 9.17) is 44.6 Å². The van der Waals surface area contributed by atoms with Gasteiger partial charge in [0, 0.05) is 18.1 Å². The zero-order valence-electron chi connectivity index (χ0n) is 9.28. The summed E-state index contributed by atoms with van der Waals surface area (Å²) in [6, 6.07) is 0. The van der Waals surface area contributed by atoms with Gasteiger partial charge in [-0.1, -0.05) is 47.6 Å². The van der Waals surface area contributed by atoms with Gasteiger partial charge < -0.3 is 9.84 Å². The Bertz CT molecular complexity index is 223. The Labute approximate surface area is 115 Å². The maximum Gasteiger partial charge on any atom is 0.233 e. The second-order valence-corrected chi connectivity index (χ2v) is 5.92. The van der Waals surface area contributed by atoms with Crippen LogP contribution in [0.25, 0.3) is 0 Å². The average Bonchev–Trinajstić information content (AvgIpc) is 2.19. The minimum Gasteiger partial charge on any atom is -0.396 e. The van der Waals surface area contributed by atoms with E-state index in [1.165, 1.54) is 0 Å². The molecule has 0 rings (SSSR count). The molecular weight excluding hydrogens is 292 g/mol. The number of hydrogen-bond donors (Lipinski definition) is 1. The Morgan fingerprint density at radius 3 is 2.29 bits per heavy atom. The number of aliphatic hydroxyl groups excluding tert-OH is 1. The van der Waals surface area contributed by atoms with Crippen LogP contribution in [0.2, 0.25) is 0 Å². The smallest absolute Gasteiger partial charge is 0.233 e. The summed E-state index contributed by atoms with van der Waals surface area (Å²) >= 11 is 16.7. The third kappa shape index (κ3) is 9.85. The summed E-state index contributed by atoms with van der Waals surface area (Å²) < 4.78 is 3.40. The Kier molecular flexibility index (Phi) is 9.27. The first kappa shape index (κ1) is 17.2. The van der Waals surface area contributed by atoms with E-state index in [1.54, 1.807) is 0 Å². The molecule has 17 heavy (non-hydrogen) atoms. The molecule has 0 aromatic carbocycles. The van der Waals surface area contributed by atoms with Crippen molar-refractivity contribution < 1.29 is 14.8 Å². The molecule has 0 radical (unpaired) electrons. The largest absolute Gasteiger partial charge is 0.396 e. The molecule has 0 unspecified atom stereocenters. The summed E-state index contributed by atoms with van der Waals surface area (Å²) in [6.45, 7) is -0.0655. The van der Waals surface area contributed by atoms with Crippen LogP contribution in [-0.2, 0) is 4.74 Å². The summed E-state index contributed by atoms with van der Waals surface area (Å²) in [5.41, 5.74) is 0. The van der Waals surface area contributed by atoms with Crippen molar-refractivity contribution in [2.24, 2.45) is 0 Å². The van der Waals surface area contributed by atoms with Crippen molar-refractivity contribution in [2.45, 2.75) is 35.6 Å². The first-order chi connectivity index (χ1) is 7.88. The molecule has 5 nitrogen and oxygen atoms in total. The lowest BCUT2D eigenvalue weighted by molar-refractivity contribution is -0.491. The van der Waals surface area contributed by atoms with E-state index < -0.39 is 21.4 Å². The van der Waals surface area contributed by atoms with Crippen LogP contribution in [0.5, 0.6) is 0 Å². The Morgan fingerprint density at radius 2 is 1.82 bits per heavy atom. The van der Waals surface area contributed by atoms with E-state index in [0.29, 0.717) is 6.61 Å². The summed E-state index contributed by atoms with van der Waals surface area (Å²) in [7, 11) is 0. The van der Waals surface area contributed by atoms with Crippen molar-refractivity contribution in [1.82, 2.24) is 0 Å². The van der Waals surface area contributed by atoms with Gasteiger partial charge in [-0.2, -0.15) is 0 Å². The normalized spacial score (nSPS) is 13.6. The number of alkyl halides is 3. The van der Waals surface area contributed by atoms with Gasteiger partial charge in [0.05, 0.1) is 0 Å². The zero-order valence-corrected chi connectivity index (χ0v) is 11.5. The number of ether oxygens (including phenoxy) is 1. The average molecular weight is 309 g/mol. The monoisotopic (exact) mass is 307 g/mol. The van der Waals surface area contributed by atoms with Crippen molar-refractivity contribution >= 4 is 34.8 Å². The highest BCUT2D eigenvalue weighted by atomic mass is 35.6. The van der Waals surface area contributed by atoms with Crippen LogP contribution >= 0.6 is 34.8 Å². The van der Waals surface area contributed by atoms with Gasteiger partial charge in [-0.15, -0.1) is 0 Å². The predicted octanol–water partition coefficient (Wildman–Crippen LogP) is 2.57. The SMILES string of the molecule is O=[N+]([O-])C[C@@H](OCCCCCCO)C(Cl)(Cl)Cl. The maximum atomic E-state index is 10.4. The molecule has 0 aliphatic heterocycles. The van der Waals surface area contributed by atoms with Gasteiger partial charge in [0.1, 0.15) is 0 Å². The molecular formula is C9H16Cl3NO4. The van der Waals surface area contributed by atoms with Gasteiger partial charge in [-0.05, 0) is 12.8 Å². The van der Waals surface area contributed by atoms with E-state index in [1.807, 2.05) is 0 Å². The first-order valence-corrected chi connectivity index (χ1v) is 6.42. The van der Waals surface area contributed by atoms with Crippen LogP contribution < -0.4 is 0 Å². The highest BCUT2D eigenvalue weighted by Crippen LogP contribution is 2.32. The number of aliphatic hydroxyl groups is 1. The number of unbranched alkanes of at least 4 members (excludes halogenated alkanes) is 3. The Balaban J connectivity index is 3.81. The van der Waals surface area contributed by atoms with E-state index in [0.717, 1.165) is 25.7 Å². The summed E-state index contributed by atoms with van der Waals surface area (Å²) in [5, 5.41) is 18.9. The molecule has 0 amide bonds. The van der Waals surface area contributed by atoms with Gasteiger partial charge in [-0.3, -0.25) is 10.1 Å². The van der Waals surface area contributed by atoms with Crippen molar-refractivity contribution in [1.29, 1.82) is 0 Å². The van der Waals surface area contributed by atoms with Crippen molar-refractivity contribution in [3.8, 4) is 0 Å². The molecule has 1 atom stereocenters. The van der Waals surface area contributed by atoms with Crippen LogP contribution in [-0.4, -0.2) is 39.7 Å². The van der Waals surface area contributed by atoms with Crippen LogP contribution in [0.1, 0.15) is 25.7 Å². The predicted molar refractivity (Wildman–Crippen MR) is 67.4 cm³/mol. The van der Waals surface area contributed by atoms with E-state index in [2.05, 4.69) is 0 Å². The van der Waals surface area contributed by atoms with Crippen molar-refractivity contribution in [3.63, 3.8) is 0 Å². The molecule has 102 valence electrons. The number of nitro groups is 1. The summed E-state index contributed by atoms with van der Waals surface area (Å²) in [6.07, 6.45) is 2.16. The molecule has 1 N–H and O–H groups in total. The first-order valence-electron chi connectivity index (χ1n) is 5.29. The quantitative estimate of drug-likeness (QED) is 0.307. The molecule has 0 saturated carbocycles. The minimum absolute atomic E-state index is 0.166. The maximum absolute atomic E-state index is 10.4. The van der Waals surface area contributed by atoms with Crippen LogP contribution in [0.15, 0.2) is 0 Å². The highest BCUT2D eigenvalue weighted by Gasteiger charge is 2.37. The Morgan fingerprint density at radius 1 is 1.24 bits per heavy atom. The highest BCUT2D eigenvalue weighted by molar-refractivity contribution is 6.68. The molecule has 0 aliphatic carbocycles.